The molecular weight excluding hydrogens is 410 g/mol. The molecule has 8 heteroatoms. The van der Waals surface area contributed by atoms with Gasteiger partial charge in [-0.15, -0.1) is 10.2 Å². The van der Waals surface area contributed by atoms with Gasteiger partial charge in [0.05, 0.1) is 16.9 Å². The lowest BCUT2D eigenvalue weighted by molar-refractivity contribution is 0.915. The fourth-order valence-corrected chi connectivity index (χ4v) is 4.10. The predicted molar refractivity (Wildman–Crippen MR) is 121 cm³/mol. The summed E-state index contributed by atoms with van der Waals surface area (Å²) in [5.41, 5.74) is 4.85. The van der Waals surface area contributed by atoms with Crippen molar-refractivity contribution in [2.75, 3.05) is 11.9 Å². The molecule has 0 aliphatic heterocycles. The van der Waals surface area contributed by atoms with Crippen LogP contribution in [0.3, 0.4) is 0 Å². The van der Waals surface area contributed by atoms with Gasteiger partial charge in [-0.25, -0.2) is 4.40 Å². The molecule has 2 aromatic carbocycles. The van der Waals surface area contributed by atoms with Crippen LogP contribution in [0.25, 0.3) is 27.9 Å². The van der Waals surface area contributed by atoms with Crippen molar-refractivity contribution in [2.45, 2.75) is 18.8 Å². The molecule has 0 spiro atoms. The van der Waals surface area contributed by atoms with Gasteiger partial charge in [0.2, 0.25) is 5.28 Å². The molecule has 3 heterocycles. The van der Waals surface area contributed by atoms with E-state index in [1.165, 1.54) is 12.8 Å². The van der Waals surface area contributed by atoms with Crippen LogP contribution in [0, 0.1) is 0 Å². The lowest BCUT2D eigenvalue weighted by atomic mass is 10.1. The van der Waals surface area contributed by atoms with Crippen molar-refractivity contribution in [1.29, 1.82) is 0 Å². The first-order valence-corrected chi connectivity index (χ1v) is 10.5. The van der Waals surface area contributed by atoms with Crippen molar-refractivity contribution in [2.24, 2.45) is 0 Å². The Kier molecular flexibility index (Phi) is 4.11. The second-order valence-corrected chi connectivity index (χ2v) is 8.12. The average molecular weight is 428 g/mol. The van der Waals surface area contributed by atoms with E-state index in [0.717, 1.165) is 39.4 Å². The maximum atomic E-state index is 6.25. The molecule has 1 aliphatic carbocycles. The molecule has 7 nitrogen and oxygen atoms in total. The normalized spacial score (nSPS) is 13.7. The Morgan fingerprint density at radius 1 is 0.935 bits per heavy atom. The average Bonchev–Trinajstić information content (AvgIpc) is 3.61. The lowest BCUT2D eigenvalue weighted by Gasteiger charge is -2.21. The standard InChI is InChI=1S/C23H18ClN7/c1-30(21-17-7-2-3-8-20(17)31-22(24)28-29-23(31)25-21)16-6-4-5-15(13-16)19-12-11-18(26-27-19)14-9-10-14/h2-8,11-14H,9-10H2,1H3. The summed E-state index contributed by atoms with van der Waals surface area (Å²) in [6.45, 7) is 0. The van der Waals surface area contributed by atoms with Crippen LogP contribution in [-0.4, -0.2) is 36.8 Å². The summed E-state index contributed by atoms with van der Waals surface area (Å²) in [6, 6.07) is 20.3. The highest BCUT2D eigenvalue weighted by molar-refractivity contribution is 6.29. The van der Waals surface area contributed by atoms with Crippen molar-refractivity contribution in [3.63, 3.8) is 0 Å². The fraction of sp³-hybridized carbons (Fsp3) is 0.174. The van der Waals surface area contributed by atoms with Gasteiger partial charge in [0.1, 0.15) is 5.82 Å². The molecule has 1 fully saturated rings. The molecule has 1 aliphatic rings. The zero-order chi connectivity index (χ0) is 20.9. The maximum absolute atomic E-state index is 6.25. The molecule has 3 aromatic heterocycles. The zero-order valence-corrected chi connectivity index (χ0v) is 17.5. The van der Waals surface area contributed by atoms with Gasteiger partial charge < -0.3 is 4.90 Å². The first kappa shape index (κ1) is 18.2. The van der Waals surface area contributed by atoms with E-state index in [2.05, 4.69) is 38.6 Å². The molecule has 5 aromatic rings. The van der Waals surface area contributed by atoms with Gasteiger partial charge in [-0.1, -0.05) is 24.3 Å². The van der Waals surface area contributed by atoms with E-state index >= 15 is 0 Å². The van der Waals surface area contributed by atoms with E-state index in [4.69, 9.17) is 16.6 Å². The predicted octanol–water partition coefficient (Wildman–Crippen LogP) is 5.03. The van der Waals surface area contributed by atoms with Crippen molar-refractivity contribution >= 4 is 39.8 Å². The molecule has 0 amide bonds. The summed E-state index contributed by atoms with van der Waals surface area (Å²) in [5.74, 6) is 1.83. The van der Waals surface area contributed by atoms with Crippen molar-refractivity contribution in [1.82, 2.24) is 29.8 Å². The van der Waals surface area contributed by atoms with Crippen LogP contribution in [0.1, 0.15) is 24.5 Å². The van der Waals surface area contributed by atoms with Gasteiger partial charge >= 0.3 is 0 Å². The molecular formula is C23H18ClN7. The van der Waals surface area contributed by atoms with Gasteiger partial charge in [0.15, 0.2) is 0 Å². The SMILES string of the molecule is CN(c1cccc(-c2ccc(C3CC3)nn2)c1)c1nc2nnc(Cl)n2c2ccccc12. The highest BCUT2D eigenvalue weighted by Crippen LogP contribution is 2.39. The topological polar surface area (TPSA) is 72.1 Å². The summed E-state index contributed by atoms with van der Waals surface area (Å²) < 4.78 is 1.75. The summed E-state index contributed by atoms with van der Waals surface area (Å²) in [7, 11) is 1.99. The summed E-state index contributed by atoms with van der Waals surface area (Å²) >= 11 is 6.25. The number of halogens is 1. The summed E-state index contributed by atoms with van der Waals surface area (Å²) in [6.07, 6.45) is 2.44. The second-order valence-electron chi connectivity index (χ2n) is 7.78. The quantitative estimate of drug-likeness (QED) is 0.400. The van der Waals surface area contributed by atoms with Crippen molar-refractivity contribution in [3.05, 3.63) is 71.6 Å². The molecule has 0 atom stereocenters. The number of hydrogen-bond donors (Lipinski definition) is 0. The third-order valence-electron chi connectivity index (χ3n) is 5.73. The number of hydrogen-bond acceptors (Lipinski definition) is 6. The summed E-state index contributed by atoms with van der Waals surface area (Å²) in [4.78, 5) is 6.79. The molecule has 0 unspecified atom stereocenters. The van der Waals surface area contributed by atoms with Gasteiger partial charge in [-0.2, -0.15) is 15.2 Å². The van der Waals surface area contributed by atoms with Gasteiger partial charge in [0.25, 0.3) is 5.78 Å². The minimum absolute atomic E-state index is 0.295. The van der Waals surface area contributed by atoms with E-state index in [9.17, 15) is 0 Å². The number of para-hydroxylation sites is 1. The van der Waals surface area contributed by atoms with E-state index < -0.39 is 0 Å². The maximum Gasteiger partial charge on any atom is 0.258 e. The van der Waals surface area contributed by atoms with Gasteiger partial charge in [0, 0.05) is 29.6 Å². The van der Waals surface area contributed by atoms with Crippen LogP contribution in [0.4, 0.5) is 11.5 Å². The third kappa shape index (κ3) is 3.09. The fourth-order valence-electron chi connectivity index (χ4n) is 3.90. The van der Waals surface area contributed by atoms with Gasteiger partial charge in [-0.05, 0) is 60.8 Å². The van der Waals surface area contributed by atoms with Crippen LogP contribution < -0.4 is 4.90 Å². The zero-order valence-electron chi connectivity index (χ0n) is 16.8. The second kappa shape index (κ2) is 6.99. The first-order valence-electron chi connectivity index (χ1n) is 10.2. The van der Waals surface area contributed by atoms with Crippen molar-refractivity contribution < 1.29 is 0 Å². The Morgan fingerprint density at radius 2 is 1.81 bits per heavy atom. The minimum atomic E-state index is 0.295. The Hall–Kier alpha value is -3.58. The molecule has 0 saturated heterocycles. The molecule has 0 radical (unpaired) electrons. The Morgan fingerprint density at radius 3 is 2.61 bits per heavy atom. The van der Waals surface area contributed by atoms with E-state index in [1.54, 1.807) is 4.40 Å². The summed E-state index contributed by atoms with van der Waals surface area (Å²) in [5, 5.41) is 18.2. The van der Waals surface area contributed by atoms with Crippen molar-refractivity contribution in [3.8, 4) is 11.3 Å². The number of aromatic nitrogens is 6. The Labute approximate surface area is 183 Å². The third-order valence-corrected chi connectivity index (χ3v) is 5.97. The number of rotatable bonds is 4. The molecule has 152 valence electrons. The largest absolute Gasteiger partial charge is 0.329 e. The molecule has 6 rings (SSSR count). The van der Waals surface area contributed by atoms with E-state index in [1.807, 2.05) is 54.4 Å². The van der Waals surface area contributed by atoms with Crippen LogP contribution in [-0.2, 0) is 0 Å². The lowest BCUT2D eigenvalue weighted by Crippen LogP contribution is -2.13. The molecule has 0 N–H and O–H groups in total. The monoisotopic (exact) mass is 427 g/mol. The Bertz CT molecular complexity index is 1420. The highest BCUT2D eigenvalue weighted by atomic mass is 35.5. The molecule has 31 heavy (non-hydrogen) atoms. The van der Waals surface area contributed by atoms with Gasteiger partial charge in [-0.3, -0.25) is 0 Å². The first-order chi connectivity index (χ1) is 15.2. The number of nitrogens with zero attached hydrogens (tertiary/aromatic N) is 7. The van der Waals surface area contributed by atoms with Crippen LogP contribution in [0.2, 0.25) is 5.28 Å². The van der Waals surface area contributed by atoms with E-state index in [-0.39, 0.29) is 0 Å². The van der Waals surface area contributed by atoms with Crippen LogP contribution >= 0.6 is 11.6 Å². The van der Waals surface area contributed by atoms with E-state index in [0.29, 0.717) is 17.0 Å². The minimum Gasteiger partial charge on any atom is -0.329 e. The molecule has 1 saturated carbocycles. The van der Waals surface area contributed by atoms with Crippen LogP contribution in [0.5, 0.6) is 0 Å². The number of fused-ring (bicyclic) bond motifs is 3. The number of anilines is 2. The smallest absolute Gasteiger partial charge is 0.258 e. The number of benzene rings is 2. The highest BCUT2D eigenvalue weighted by Gasteiger charge is 2.25. The van der Waals surface area contributed by atoms with Crippen LogP contribution in [0.15, 0.2) is 60.7 Å². The molecule has 0 bridgehead atoms. The Balaban J connectivity index is 1.43.